The zero-order valence-corrected chi connectivity index (χ0v) is 13.1. The van der Waals surface area contributed by atoms with Gasteiger partial charge in [0.25, 0.3) is 5.91 Å². The molecule has 23 heavy (non-hydrogen) atoms. The summed E-state index contributed by atoms with van der Waals surface area (Å²) in [5.74, 6) is -0.500. The molecule has 2 rings (SSSR count). The minimum atomic E-state index is -1.09. The molecule has 120 valence electrons. The largest absolute Gasteiger partial charge is 0.497 e. The van der Waals surface area contributed by atoms with Gasteiger partial charge in [-0.3, -0.25) is 4.79 Å². The second-order valence-corrected chi connectivity index (χ2v) is 4.79. The lowest BCUT2D eigenvalue weighted by Gasteiger charge is -2.20. The van der Waals surface area contributed by atoms with Crippen molar-refractivity contribution in [1.29, 1.82) is 0 Å². The van der Waals surface area contributed by atoms with Gasteiger partial charge in [-0.25, -0.2) is 4.79 Å². The van der Waals surface area contributed by atoms with Gasteiger partial charge in [0.1, 0.15) is 11.5 Å². The minimum absolute atomic E-state index is 0.0539. The topological polar surface area (TPSA) is 76.1 Å². The van der Waals surface area contributed by atoms with Crippen LogP contribution in [-0.4, -0.2) is 38.3 Å². The van der Waals surface area contributed by atoms with E-state index in [1.54, 1.807) is 36.4 Å². The van der Waals surface area contributed by atoms with Crippen molar-refractivity contribution in [3.8, 4) is 11.5 Å². The van der Waals surface area contributed by atoms with Gasteiger partial charge in [0.15, 0.2) is 0 Å². The highest BCUT2D eigenvalue weighted by Gasteiger charge is 2.20. The third-order valence-corrected chi connectivity index (χ3v) is 3.40. The lowest BCUT2D eigenvalue weighted by atomic mass is 10.1. The van der Waals surface area contributed by atoms with E-state index in [0.29, 0.717) is 22.7 Å². The Labute approximate surface area is 133 Å². The average Bonchev–Trinajstić information content (AvgIpc) is 2.59. The molecule has 1 amide bonds. The Morgan fingerprint density at radius 3 is 2.09 bits per heavy atom. The molecule has 6 heteroatoms. The first kappa shape index (κ1) is 16.4. The van der Waals surface area contributed by atoms with Crippen molar-refractivity contribution in [1.82, 2.24) is 0 Å². The molecule has 0 fully saturated rings. The number of hydrogen-bond donors (Lipinski definition) is 1. The van der Waals surface area contributed by atoms with E-state index in [0.717, 1.165) is 0 Å². The molecule has 0 radical (unpaired) electrons. The monoisotopic (exact) mass is 315 g/mol. The summed E-state index contributed by atoms with van der Waals surface area (Å²) in [4.78, 5) is 25.3. The quantitative estimate of drug-likeness (QED) is 0.918. The van der Waals surface area contributed by atoms with Gasteiger partial charge in [0, 0.05) is 18.7 Å². The van der Waals surface area contributed by atoms with E-state index in [1.165, 1.54) is 32.2 Å². The summed E-state index contributed by atoms with van der Waals surface area (Å²) in [5.41, 5.74) is 0.703. The van der Waals surface area contributed by atoms with Crippen molar-refractivity contribution in [2.75, 3.05) is 26.2 Å². The Balaban J connectivity index is 2.43. The number of aromatic carboxylic acids is 1. The van der Waals surface area contributed by atoms with Crippen molar-refractivity contribution in [3.63, 3.8) is 0 Å². The second kappa shape index (κ2) is 6.83. The lowest BCUT2D eigenvalue weighted by molar-refractivity contribution is 0.0697. The van der Waals surface area contributed by atoms with Crippen molar-refractivity contribution < 1.29 is 24.2 Å². The SMILES string of the molecule is COc1cc(OC)cc(C(=O)N(C)c2ccccc2C(=O)O)c1. The molecule has 0 saturated carbocycles. The molecule has 0 unspecified atom stereocenters. The van der Waals surface area contributed by atoms with Gasteiger partial charge in [-0.15, -0.1) is 0 Å². The summed E-state index contributed by atoms with van der Waals surface area (Å²) in [7, 11) is 4.51. The first-order valence-electron chi connectivity index (χ1n) is 6.81. The van der Waals surface area contributed by atoms with Crippen LogP contribution in [0.1, 0.15) is 20.7 Å². The van der Waals surface area contributed by atoms with Crippen LogP contribution in [0.2, 0.25) is 0 Å². The van der Waals surface area contributed by atoms with E-state index in [4.69, 9.17) is 9.47 Å². The van der Waals surface area contributed by atoms with Crippen LogP contribution in [0.4, 0.5) is 5.69 Å². The van der Waals surface area contributed by atoms with Crippen LogP contribution in [0.3, 0.4) is 0 Å². The molecule has 2 aromatic rings. The molecular formula is C17H17NO5. The Kier molecular flexibility index (Phi) is 4.85. The molecule has 0 saturated heterocycles. The van der Waals surface area contributed by atoms with Crippen molar-refractivity contribution in [3.05, 3.63) is 53.6 Å². The fourth-order valence-corrected chi connectivity index (χ4v) is 2.18. The summed E-state index contributed by atoms with van der Waals surface area (Å²) >= 11 is 0. The highest BCUT2D eigenvalue weighted by atomic mass is 16.5. The number of carbonyl (C=O) groups excluding carboxylic acids is 1. The van der Waals surface area contributed by atoms with Crippen LogP contribution in [-0.2, 0) is 0 Å². The molecule has 6 nitrogen and oxygen atoms in total. The van der Waals surface area contributed by atoms with E-state index < -0.39 is 5.97 Å². The maximum atomic E-state index is 12.7. The predicted molar refractivity (Wildman–Crippen MR) is 85.7 cm³/mol. The Morgan fingerprint density at radius 1 is 1.00 bits per heavy atom. The molecule has 2 aromatic carbocycles. The number of nitrogens with zero attached hydrogens (tertiary/aromatic N) is 1. The zero-order valence-electron chi connectivity index (χ0n) is 13.1. The van der Waals surface area contributed by atoms with E-state index in [9.17, 15) is 14.7 Å². The summed E-state index contributed by atoms with van der Waals surface area (Å²) < 4.78 is 10.3. The van der Waals surface area contributed by atoms with Crippen LogP contribution in [0, 0.1) is 0 Å². The highest BCUT2D eigenvalue weighted by molar-refractivity contribution is 6.09. The normalized spacial score (nSPS) is 10.0. The predicted octanol–water partition coefficient (Wildman–Crippen LogP) is 2.68. The number of carboxylic acid groups (broad SMARTS) is 1. The summed E-state index contributed by atoms with van der Waals surface area (Å²) in [6.07, 6.45) is 0. The Bertz CT molecular complexity index is 719. The van der Waals surface area contributed by atoms with E-state index in [1.807, 2.05) is 0 Å². The Hall–Kier alpha value is -3.02. The number of para-hydroxylation sites is 1. The number of anilines is 1. The number of carbonyl (C=O) groups is 2. The van der Waals surface area contributed by atoms with Crippen molar-refractivity contribution in [2.45, 2.75) is 0 Å². The molecule has 0 aliphatic heterocycles. The van der Waals surface area contributed by atoms with Crippen LogP contribution in [0.5, 0.6) is 11.5 Å². The summed E-state index contributed by atoms with van der Waals surface area (Å²) in [6.45, 7) is 0. The summed E-state index contributed by atoms with van der Waals surface area (Å²) in [6, 6.07) is 11.1. The number of benzene rings is 2. The number of ether oxygens (including phenoxy) is 2. The zero-order chi connectivity index (χ0) is 17.0. The second-order valence-electron chi connectivity index (χ2n) is 4.79. The van der Waals surface area contributed by atoms with Crippen LogP contribution < -0.4 is 14.4 Å². The summed E-state index contributed by atoms with van der Waals surface area (Å²) in [5, 5.41) is 9.25. The van der Waals surface area contributed by atoms with Crippen molar-refractivity contribution >= 4 is 17.6 Å². The highest BCUT2D eigenvalue weighted by Crippen LogP contribution is 2.26. The molecule has 0 bridgehead atoms. The number of carboxylic acids is 1. The average molecular weight is 315 g/mol. The lowest BCUT2D eigenvalue weighted by Crippen LogP contribution is -2.28. The van der Waals surface area contributed by atoms with E-state index in [-0.39, 0.29) is 11.5 Å². The third kappa shape index (κ3) is 3.42. The van der Waals surface area contributed by atoms with E-state index in [2.05, 4.69) is 0 Å². The molecular weight excluding hydrogens is 298 g/mol. The molecule has 0 heterocycles. The fourth-order valence-electron chi connectivity index (χ4n) is 2.18. The minimum Gasteiger partial charge on any atom is -0.497 e. The maximum absolute atomic E-state index is 12.7. The maximum Gasteiger partial charge on any atom is 0.337 e. The van der Waals surface area contributed by atoms with Gasteiger partial charge < -0.3 is 19.5 Å². The van der Waals surface area contributed by atoms with E-state index >= 15 is 0 Å². The van der Waals surface area contributed by atoms with Gasteiger partial charge >= 0.3 is 5.97 Å². The molecule has 0 aromatic heterocycles. The van der Waals surface area contributed by atoms with Gasteiger partial charge in [0.05, 0.1) is 25.5 Å². The number of amides is 1. The third-order valence-electron chi connectivity index (χ3n) is 3.40. The first-order chi connectivity index (χ1) is 11.0. The Morgan fingerprint density at radius 2 is 1.57 bits per heavy atom. The van der Waals surface area contributed by atoms with Gasteiger partial charge in [-0.05, 0) is 24.3 Å². The first-order valence-corrected chi connectivity index (χ1v) is 6.81. The fraction of sp³-hybridized carbons (Fsp3) is 0.176. The molecule has 0 aliphatic rings. The number of hydrogen-bond acceptors (Lipinski definition) is 4. The van der Waals surface area contributed by atoms with Gasteiger partial charge in [-0.2, -0.15) is 0 Å². The van der Waals surface area contributed by atoms with Gasteiger partial charge in [-0.1, -0.05) is 12.1 Å². The number of methoxy groups -OCH3 is 2. The molecule has 0 atom stereocenters. The number of rotatable bonds is 5. The molecule has 0 spiro atoms. The van der Waals surface area contributed by atoms with Crippen molar-refractivity contribution in [2.24, 2.45) is 0 Å². The molecule has 1 N–H and O–H groups in total. The van der Waals surface area contributed by atoms with Crippen LogP contribution in [0.25, 0.3) is 0 Å². The standard InChI is InChI=1S/C17H17NO5/c1-18(15-7-5-4-6-14(15)17(20)21)16(19)11-8-12(22-2)10-13(9-11)23-3/h4-10H,1-3H3,(H,20,21). The molecule has 0 aliphatic carbocycles. The van der Waals surface area contributed by atoms with Crippen LogP contribution >= 0.6 is 0 Å². The smallest absolute Gasteiger partial charge is 0.337 e. The van der Waals surface area contributed by atoms with Gasteiger partial charge in [0.2, 0.25) is 0 Å². The van der Waals surface area contributed by atoms with Crippen LogP contribution in [0.15, 0.2) is 42.5 Å².